The van der Waals surface area contributed by atoms with Gasteiger partial charge in [0, 0.05) is 34.0 Å². The van der Waals surface area contributed by atoms with E-state index in [0.717, 1.165) is 64.0 Å². The quantitative estimate of drug-likeness (QED) is 0.612. The maximum absolute atomic E-state index is 5.88. The second-order valence-corrected chi connectivity index (χ2v) is 9.79. The first kappa shape index (κ1) is 17.4. The van der Waals surface area contributed by atoms with Crippen molar-refractivity contribution in [3.63, 3.8) is 0 Å². The number of nitrogens with zero attached hydrogens (tertiary/aromatic N) is 1. The molecule has 0 N–H and O–H groups in total. The van der Waals surface area contributed by atoms with Gasteiger partial charge in [0.15, 0.2) is 0 Å². The minimum atomic E-state index is -1.97. The van der Waals surface area contributed by atoms with E-state index < -0.39 is 8.56 Å². The Balaban J connectivity index is 1.86. The summed E-state index contributed by atoms with van der Waals surface area (Å²) in [6, 6.07) is 2.03. The van der Waals surface area contributed by atoms with Crippen molar-refractivity contribution in [2.24, 2.45) is 0 Å². The van der Waals surface area contributed by atoms with E-state index in [4.69, 9.17) is 18.3 Å². The molecule has 0 aliphatic carbocycles. The molecule has 2 saturated heterocycles. The van der Waals surface area contributed by atoms with Gasteiger partial charge >= 0.3 is 8.56 Å². The maximum atomic E-state index is 5.88. The van der Waals surface area contributed by atoms with Gasteiger partial charge in [-0.1, -0.05) is 6.92 Å². The van der Waals surface area contributed by atoms with Crippen molar-refractivity contribution in [1.82, 2.24) is 4.90 Å². The van der Waals surface area contributed by atoms with Gasteiger partial charge in [-0.15, -0.1) is 0 Å². The zero-order chi connectivity index (χ0) is 15.1. The topological polar surface area (TPSA) is 40.2 Å². The van der Waals surface area contributed by atoms with E-state index in [2.05, 4.69) is 11.8 Å². The first-order valence-electron chi connectivity index (χ1n) is 8.34. The van der Waals surface area contributed by atoms with E-state index in [1.807, 2.05) is 0 Å². The van der Waals surface area contributed by atoms with E-state index in [9.17, 15) is 0 Å². The molecule has 0 bridgehead atoms. The van der Waals surface area contributed by atoms with Crippen LogP contribution in [0.3, 0.4) is 0 Å². The van der Waals surface area contributed by atoms with Crippen LogP contribution in [0.25, 0.3) is 0 Å². The van der Waals surface area contributed by atoms with Crippen molar-refractivity contribution < 1.29 is 18.3 Å². The molecule has 0 saturated carbocycles. The van der Waals surface area contributed by atoms with Gasteiger partial charge in [0.25, 0.3) is 0 Å². The SMILES string of the molecule is CC[Si](CCCN(C1CCCO1)C1CCCO1)(OC)OC. The van der Waals surface area contributed by atoms with Crippen molar-refractivity contribution in [3.05, 3.63) is 0 Å². The standard InChI is InChI=1S/C15H31NO4Si/c1-4-21(17-2,18-3)13-7-10-16(14-8-5-11-19-14)15-9-6-12-20-15/h14-15H,4-13H2,1-3H3. The van der Waals surface area contributed by atoms with Crippen LogP contribution < -0.4 is 0 Å². The van der Waals surface area contributed by atoms with Crippen molar-refractivity contribution in [1.29, 1.82) is 0 Å². The van der Waals surface area contributed by atoms with Crippen LogP contribution in [-0.4, -0.2) is 59.9 Å². The minimum Gasteiger partial charge on any atom is -0.398 e. The fourth-order valence-electron chi connectivity index (χ4n) is 3.40. The maximum Gasteiger partial charge on any atom is 0.337 e. The summed E-state index contributed by atoms with van der Waals surface area (Å²) < 4.78 is 23.2. The third kappa shape index (κ3) is 4.50. The van der Waals surface area contributed by atoms with Crippen LogP contribution in [0.1, 0.15) is 39.0 Å². The first-order valence-corrected chi connectivity index (χ1v) is 10.6. The Morgan fingerprint density at radius 3 is 2.00 bits per heavy atom. The average Bonchev–Trinajstić information content (AvgIpc) is 3.22. The van der Waals surface area contributed by atoms with Crippen LogP contribution in [0.4, 0.5) is 0 Å². The highest BCUT2D eigenvalue weighted by Crippen LogP contribution is 2.27. The largest absolute Gasteiger partial charge is 0.398 e. The smallest absolute Gasteiger partial charge is 0.337 e. The van der Waals surface area contributed by atoms with E-state index in [-0.39, 0.29) is 12.5 Å². The summed E-state index contributed by atoms with van der Waals surface area (Å²) in [5, 5.41) is 0. The summed E-state index contributed by atoms with van der Waals surface area (Å²) in [5.41, 5.74) is 0. The molecule has 0 aromatic heterocycles. The first-order chi connectivity index (χ1) is 10.2. The highest BCUT2D eigenvalue weighted by molar-refractivity contribution is 6.67. The van der Waals surface area contributed by atoms with Gasteiger partial charge in [-0.2, -0.15) is 0 Å². The summed E-state index contributed by atoms with van der Waals surface area (Å²) in [5.74, 6) is 0. The lowest BCUT2D eigenvalue weighted by molar-refractivity contribution is -0.116. The summed E-state index contributed by atoms with van der Waals surface area (Å²) >= 11 is 0. The molecule has 0 aromatic carbocycles. The monoisotopic (exact) mass is 317 g/mol. The van der Waals surface area contributed by atoms with Crippen LogP contribution in [0, 0.1) is 0 Å². The molecule has 2 aliphatic rings. The molecular weight excluding hydrogens is 286 g/mol. The summed E-state index contributed by atoms with van der Waals surface area (Å²) in [6.45, 7) is 4.95. The zero-order valence-electron chi connectivity index (χ0n) is 13.8. The molecule has 0 spiro atoms. The molecule has 5 nitrogen and oxygen atoms in total. The molecule has 2 heterocycles. The summed E-state index contributed by atoms with van der Waals surface area (Å²) in [7, 11) is 1.61. The van der Waals surface area contributed by atoms with Crippen LogP contribution in [0.5, 0.6) is 0 Å². The molecule has 6 heteroatoms. The van der Waals surface area contributed by atoms with Crippen LogP contribution >= 0.6 is 0 Å². The van der Waals surface area contributed by atoms with Gasteiger partial charge in [0.1, 0.15) is 12.5 Å². The van der Waals surface area contributed by atoms with Crippen molar-refractivity contribution in [3.8, 4) is 0 Å². The molecule has 0 amide bonds. The molecule has 2 rings (SSSR count). The number of hydrogen-bond acceptors (Lipinski definition) is 5. The van der Waals surface area contributed by atoms with Crippen molar-refractivity contribution >= 4 is 8.56 Å². The molecule has 2 fully saturated rings. The van der Waals surface area contributed by atoms with E-state index in [1.54, 1.807) is 14.2 Å². The molecular formula is C15H31NO4Si. The third-order valence-corrected chi connectivity index (χ3v) is 8.49. The zero-order valence-corrected chi connectivity index (χ0v) is 14.8. The lowest BCUT2D eigenvalue weighted by Crippen LogP contribution is -2.45. The number of hydrogen-bond donors (Lipinski definition) is 0. The van der Waals surface area contributed by atoms with Crippen LogP contribution in [0.2, 0.25) is 12.1 Å². The fourth-order valence-corrected chi connectivity index (χ4v) is 5.60. The highest BCUT2D eigenvalue weighted by Gasteiger charge is 2.35. The predicted octanol–water partition coefficient (Wildman–Crippen LogP) is 2.71. The Morgan fingerprint density at radius 1 is 1.05 bits per heavy atom. The number of rotatable bonds is 9. The second kappa shape index (κ2) is 8.60. The van der Waals surface area contributed by atoms with Crippen molar-refractivity contribution in [2.75, 3.05) is 34.0 Å². The van der Waals surface area contributed by atoms with Gasteiger partial charge in [-0.05, 0) is 44.2 Å². The Labute approximate surface area is 130 Å². The molecule has 21 heavy (non-hydrogen) atoms. The highest BCUT2D eigenvalue weighted by atomic mass is 28.4. The molecule has 2 atom stereocenters. The lowest BCUT2D eigenvalue weighted by Gasteiger charge is -2.34. The normalized spacial score (nSPS) is 26.9. The van der Waals surface area contributed by atoms with Gasteiger partial charge in [-0.3, -0.25) is 4.90 Å². The Hall–Kier alpha value is 0.0169. The fraction of sp³-hybridized carbons (Fsp3) is 1.00. The van der Waals surface area contributed by atoms with Crippen LogP contribution in [0.15, 0.2) is 0 Å². The van der Waals surface area contributed by atoms with Gasteiger partial charge in [0.2, 0.25) is 0 Å². The Morgan fingerprint density at radius 2 is 1.62 bits per heavy atom. The van der Waals surface area contributed by atoms with Gasteiger partial charge in [0.05, 0.1) is 0 Å². The molecule has 0 aromatic rings. The molecule has 0 radical (unpaired) electrons. The predicted molar refractivity (Wildman–Crippen MR) is 84.3 cm³/mol. The molecule has 124 valence electrons. The summed E-state index contributed by atoms with van der Waals surface area (Å²) in [4.78, 5) is 2.43. The lowest BCUT2D eigenvalue weighted by atomic mass is 10.2. The van der Waals surface area contributed by atoms with E-state index in [1.165, 1.54) is 0 Å². The Bertz CT molecular complexity index is 265. The molecule has 2 aliphatic heterocycles. The molecule has 2 unspecified atom stereocenters. The van der Waals surface area contributed by atoms with Crippen molar-refractivity contribution in [2.45, 2.75) is 63.6 Å². The Kier molecular flexibility index (Phi) is 7.11. The van der Waals surface area contributed by atoms with E-state index >= 15 is 0 Å². The van der Waals surface area contributed by atoms with Crippen LogP contribution in [-0.2, 0) is 18.3 Å². The third-order valence-electron chi connectivity index (χ3n) is 4.81. The summed E-state index contributed by atoms with van der Waals surface area (Å²) in [6.07, 6.45) is 6.17. The van der Waals surface area contributed by atoms with Gasteiger partial charge in [-0.25, -0.2) is 0 Å². The number of ether oxygens (including phenoxy) is 2. The second-order valence-electron chi connectivity index (χ2n) is 5.95. The van der Waals surface area contributed by atoms with Gasteiger partial charge < -0.3 is 18.3 Å². The minimum absolute atomic E-state index is 0.246. The average molecular weight is 318 g/mol. The van der Waals surface area contributed by atoms with E-state index in [0.29, 0.717) is 0 Å².